The normalized spacial score (nSPS) is 10.5. The van der Waals surface area contributed by atoms with Crippen LogP contribution in [0.2, 0.25) is 10.0 Å². The van der Waals surface area contributed by atoms with Crippen molar-refractivity contribution < 1.29 is 4.79 Å². The van der Waals surface area contributed by atoms with Crippen LogP contribution in [0.3, 0.4) is 0 Å². The van der Waals surface area contributed by atoms with Crippen molar-refractivity contribution in [3.05, 3.63) is 34.8 Å². The van der Waals surface area contributed by atoms with Crippen molar-refractivity contribution in [2.24, 2.45) is 0 Å². The van der Waals surface area contributed by atoms with Gasteiger partial charge in [0.15, 0.2) is 0 Å². The molecule has 0 aliphatic carbocycles. The second-order valence-corrected chi connectivity index (χ2v) is 5.01. The van der Waals surface area contributed by atoms with Crippen molar-refractivity contribution >= 4 is 40.5 Å². The minimum absolute atomic E-state index is 0.166. The number of carbonyl (C=O) groups excluding carboxylic acids is 1. The van der Waals surface area contributed by atoms with E-state index in [-0.39, 0.29) is 5.91 Å². The molecule has 0 saturated heterocycles. The second-order valence-electron chi connectivity index (χ2n) is 4.16. The van der Waals surface area contributed by atoms with Gasteiger partial charge in [0.25, 0.3) is 0 Å². The van der Waals surface area contributed by atoms with Gasteiger partial charge in [-0.3, -0.25) is 9.48 Å². The van der Waals surface area contributed by atoms with E-state index in [1.165, 1.54) is 12.4 Å². The molecule has 20 heavy (non-hydrogen) atoms. The maximum absolute atomic E-state index is 11.8. The minimum Gasteiger partial charge on any atom is -0.397 e. The fourth-order valence-electron chi connectivity index (χ4n) is 1.68. The largest absolute Gasteiger partial charge is 0.397 e. The standard InChI is InChI=1S/C12H13Cl2N5O/c13-8-4-9(14)12(10(15)5-8)18-11(20)2-1-3-19-7-16-6-17-19/h4-7H,1-3,15H2,(H,18,20). The van der Waals surface area contributed by atoms with E-state index in [4.69, 9.17) is 28.9 Å². The minimum atomic E-state index is -0.166. The number of carbonyl (C=O) groups is 1. The van der Waals surface area contributed by atoms with Gasteiger partial charge in [-0.25, -0.2) is 4.98 Å². The summed E-state index contributed by atoms with van der Waals surface area (Å²) in [7, 11) is 0. The van der Waals surface area contributed by atoms with Gasteiger partial charge in [0.1, 0.15) is 12.7 Å². The van der Waals surface area contributed by atoms with Gasteiger partial charge in [-0.05, 0) is 18.6 Å². The number of nitrogens with two attached hydrogens (primary N) is 1. The number of hydrogen-bond acceptors (Lipinski definition) is 4. The predicted octanol–water partition coefficient (Wildman–Crippen LogP) is 2.59. The highest BCUT2D eigenvalue weighted by molar-refractivity contribution is 6.37. The zero-order valence-electron chi connectivity index (χ0n) is 10.5. The molecule has 0 fully saturated rings. The number of anilines is 2. The Hall–Kier alpha value is -1.79. The van der Waals surface area contributed by atoms with Crippen LogP contribution in [0.25, 0.3) is 0 Å². The number of aryl methyl sites for hydroxylation is 1. The molecule has 106 valence electrons. The number of hydrogen-bond donors (Lipinski definition) is 2. The van der Waals surface area contributed by atoms with E-state index < -0.39 is 0 Å². The zero-order chi connectivity index (χ0) is 14.5. The number of nitrogen functional groups attached to an aromatic ring is 1. The van der Waals surface area contributed by atoms with Crippen LogP contribution in [0.4, 0.5) is 11.4 Å². The highest BCUT2D eigenvalue weighted by atomic mass is 35.5. The van der Waals surface area contributed by atoms with Gasteiger partial charge >= 0.3 is 0 Å². The Morgan fingerprint density at radius 3 is 2.85 bits per heavy atom. The van der Waals surface area contributed by atoms with Crippen LogP contribution in [0.5, 0.6) is 0 Å². The van der Waals surface area contributed by atoms with Gasteiger partial charge in [-0.2, -0.15) is 5.10 Å². The van der Waals surface area contributed by atoms with Crippen LogP contribution < -0.4 is 11.1 Å². The quantitative estimate of drug-likeness (QED) is 0.831. The molecule has 1 heterocycles. The molecule has 0 aliphatic heterocycles. The first-order chi connectivity index (χ1) is 9.56. The third-order valence-corrected chi connectivity index (χ3v) is 3.12. The van der Waals surface area contributed by atoms with Crippen LogP contribution >= 0.6 is 23.2 Å². The van der Waals surface area contributed by atoms with Crippen molar-refractivity contribution in [2.45, 2.75) is 19.4 Å². The maximum Gasteiger partial charge on any atom is 0.224 e. The molecule has 1 aromatic carbocycles. The average molecular weight is 314 g/mol. The van der Waals surface area contributed by atoms with E-state index in [1.54, 1.807) is 17.1 Å². The molecule has 0 aliphatic rings. The Balaban J connectivity index is 1.88. The third kappa shape index (κ3) is 3.85. The predicted molar refractivity (Wildman–Crippen MR) is 78.8 cm³/mol. The van der Waals surface area contributed by atoms with Gasteiger partial charge in [-0.15, -0.1) is 0 Å². The van der Waals surface area contributed by atoms with Crippen LogP contribution in [0.1, 0.15) is 12.8 Å². The summed E-state index contributed by atoms with van der Waals surface area (Å²) in [6.45, 7) is 0.622. The van der Waals surface area contributed by atoms with Crippen molar-refractivity contribution in [3.8, 4) is 0 Å². The zero-order valence-corrected chi connectivity index (χ0v) is 12.0. The molecule has 0 radical (unpaired) electrons. The van der Waals surface area contributed by atoms with E-state index in [0.717, 1.165) is 0 Å². The Kier molecular flexibility index (Phi) is 4.81. The van der Waals surface area contributed by atoms with Crippen molar-refractivity contribution in [2.75, 3.05) is 11.1 Å². The third-order valence-electron chi connectivity index (χ3n) is 2.61. The monoisotopic (exact) mass is 313 g/mol. The Morgan fingerprint density at radius 2 is 2.20 bits per heavy atom. The van der Waals surface area contributed by atoms with Crippen molar-refractivity contribution in [3.63, 3.8) is 0 Å². The fraction of sp³-hybridized carbons (Fsp3) is 0.250. The molecule has 0 atom stereocenters. The van der Waals surface area contributed by atoms with Crippen LogP contribution in [0, 0.1) is 0 Å². The second kappa shape index (κ2) is 6.58. The molecule has 1 aromatic heterocycles. The fourth-order valence-corrected chi connectivity index (χ4v) is 2.23. The van der Waals surface area contributed by atoms with Crippen LogP contribution in [0.15, 0.2) is 24.8 Å². The highest BCUT2D eigenvalue weighted by Crippen LogP contribution is 2.32. The highest BCUT2D eigenvalue weighted by Gasteiger charge is 2.10. The van der Waals surface area contributed by atoms with Gasteiger partial charge in [0, 0.05) is 18.0 Å². The summed E-state index contributed by atoms with van der Waals surface area (Å²) in [5.74, 6) is -0.166. The smallest absolute Gasteiger partial charge is 0.224 e. The number of nitrogens with zero attached hydrogens (tertiary/aromatic N) is 3. The molecule has 0 saturated carbocycles. The summed E-state index contributed by atoms with van der Waals surface area (Å²) in [4.78, 5) is 15.7. The Morgan fingerprint density at radius 1 is 1.40 bits per heavy atom. The lowest BCUT2D eigenvalue weighted by Crippen LogP contribution is -2.14. The number of amides is 1. The Bertz CT molecular complexity index is 577. The number of benzene rings is 1. The SMILES string of the molecule is Nc1cc(Cl)cc(Cl)c1NC(=O)CCCn1cncn1. The van der Waals surface area contributed by atoms with Crippen molar-refractivity contribution in [1.82, 2.24) is 14.8 Å². The molecule has 6 nitrogen and oxygen atoms in total. The molecule has 0 unspecified atom stereocenters. The van der Waals surface area contributed by atoms with Gasteiger partial charge in [-0.1, -0.05) is 23.2 Å². The lowest BCUT2D eigenvalue weighted by Gasteiger charge is -2.10. The molecular formula is C12H13Cl2N5O. The number of aromatic nitrogens is 3. The molecule has 1 amide bonds. The van der Waals surface area contributed by atoms with E-state index in [9.17, 15) is 4.79 Å². The first-order valence-corrected chi connectivity index (χ1v) is 6.68. The molecule has 3 N–H and O–H groups in total. The molecule has 0 spiro atoms. The number of halogens is 2. The topological polar surface area (TPSA) is 85.8 Å². The number of nitrogens with one attached hydrogen (secondary N) is 1. The molecule has 0 bridgehead atoms. The summed E-state index contributed by atoms with van der Waals surface area (Å²) in [5, 5.41) is 7.39. The van der Waals surface area contributed by atoms with Gasteiger partial charge in [0.2, 0.25) is 5.91 Å². The van der Waals surface area contributed by atoms with Gasteiger partial charge < -0.3 is 11.1 Å². The number of rotatable bonds is 5. The first kappa shape index (κ1) is 14.6. The maximum atomic E-state index is 11.8. The summed E-state index contributed by atoms with van der Waals surface area (Å²) < 4.78 is 1.66. The van der Waals surface area contributed by atoms with E-state index in [2.05, 4.69) is 15.4 Å². The van der Waals surface area contributed by atoms with Crippen molar-refractivity contribution in [1.29, 1.82) is 0 Å². The summed E-state index contributed by atoms with van der Waals surface area (Å²) in [6.07, 6.45) is 4.03. The molecule has 2 rings (SSSR count). The van der Waals surface area contributed by atoms with E-state index in [0.29, 0.717) is 40.8 Å². The lowest BCUT2D eigenvalue weighted by molar-refractivity contribution is -0.116. The van der Waals surface area contributed by atoms with Gasteiger partial charge in [0.05, 0.1) is 16.4 Å². The van der Waals surface area contributed by atoms with Crippen LogP contribution in [-0.2, 0) is 11.3 Å². The summed E-state index contributed by atoms with van der Waals surface area (Å²) in [5.41, 5.74) is 6.50. The average Bonchev–Trinajstić information content (AvgIpc) is 2.87. The summed E-state index contributed by atoms with van der Waals surface area (Å²) >= 11 is 11.8. The first-order valence-electron chi connectivity index (χ1n) is 5.93. The van der Waals surface area contributed by atoms with Crippen LogP contribution in [-0.4, -0.2) is 20.7 Å². The lowest BCUT2D eigenvalue weighted by atomic mass is 10.2. The Labute approximate surface area is 125 Å². The van der Waals surface area contributed by atoms with E-state index in [1.807, 2.05) is 0 Å². The van der Waals surface area contributed by atoms with E-state index >= 15 is 0 Å². The molecule has 8 heteroatoms. The molecule has 2 aromatic rings. The summed E-state index contributed by atoms with van der Waals surface area (Å²) in [6, 6.07) is 3.07. The molecular weight excluding hydrogens is 301 g/mol.